The third kappa shape index (κ3) is 3.46. The average molecular weight is 228 g/mol. The molecule has 0 N–H and O–H groups in total. The summed E-state index contributed by atoms with van der Waals surface area (Å²) in [5.41, 5.74) is 2.17. The Kier molecular flexibility index (Phi) is 4.47. The zero-order valence-corrected chi connectivity index (χ0v) is 10.4. The molecule has 0 amide bonds. The van der Waals surface area contributed by atoms with E-state index in [4.69, 9.17) is 5.26 Å². The Bertz CT molecular complexity index is 464. The van der Waals surface area contributed by atoms with Gasteiger partial charge in [-0.2, -0.15) is 5.26 Å². The second-order valence-electron chi connectivity index (χ2n) is 3.93. The summed E-state index contributed by atoms with van der Waals surface area (Å²) in [5, 5.41) is 8.88. The first-order valence-corrected chi connectivity index (χ1v) is 5.51. The predicted octanol–water partition coefficient (Wildman–Crippen LogP) is 2.64. The van der Waals surface area contributed by atoms with Gasteiger partial charge in [0.25, 0.3) is 0 Å². The molecule has 1 aromatic rings. The molecular formula is C14H16N2O. The van der Waals surface area contributed by atoms with Crippen molar-refractivity contribution in [3.63, 3.8) is 0 Å². The molecule has 3 nitrogen and oxygen atoms in total. The highest BCUT2D eigenvalue weighted by atomic mass is 16.1. The van der Waals surface area contributed by atoms with Gasteiger partial charge in [-0.3, -0.25) is 4.79 Å². The van der Waals surface area contributed by atoms with E-state index in [0.29, 0.717) is 6.42 Å². The van der Waals surface area contributed by atoms with Crippen LogP contribution in [0, 0.1) is 11.3 Å². The molecule has 0 saturated heterocycles. The summed E-state index contributed by atoms with van der Waals surface area (Å²) in [6.45, 7) is 1.75. The number of nitriles is 1. The number of Topliss-reactive ketones (excluding diaryl/α,β-unsaturated/α-hetero) is 1. The highest BCUT2D eigenvalue weighted by Crippen LogP contribution is 2.15. The minimum atomic E-state index is -0.121. The van der Waals surface area contributed by atoms with Gasteiger partial charge in [0, 0.05) is 26.2 Å². The molecule has 0 aromatic heterocycles. The molecule has 88 valence electrons. The van der Waals surface area contributed by atoms with Gasteiger partial charge < -0.3 is 4.90 Å². The van der Waals surface area contributed by atoms with Crippen molar-refractivity contribution < 1.29 is 4.79 Å². The van der Waals surface area contributed by atoms with Gasteiger partial charge in [-0.1, -0.05) is 19.1 Å². The first-order valence-electron chi connectivity index (χ1n) is 5.51. The topological polar surface area (TPSA) is 44.1 Å². The van der Waals surface area contributed by atoms with Crippen LogP contribution in [0.1, 0.15) is 18.9 Å². The predicted molar refractivity (Wildman–Crippen MR) is 69.7 cm³/mol. The van der Waals surface area contributed by atoms with Gasteiger partial charge in [0.1, 0.15) is 6.07 Å². The van der Waals surface area contributed by atoms with Crippen LogP contribution in [0.3, 0.4) is 0 Å². The van der Waals surface area contributed by atoms with Crippen LogP contribution in [-0.2, 0) is 4.79 Å². The Morgan fingerprint density at radius 2 is 1.94 bits per heavy atom. The maximum absolute atomic E-state index is 11.4. The lowest BCUT2D eigenvalue weighted by Gasteiger charge is -2.11. The number of carbonyl (C=O) groups excluding carboxylic acids is 1. The van der Waals surface area contributed by atoms with Gasteiger partial charge in [0.05, 0.1) is 5.57 Å². The van der Waals surface area contributed by atoms with Gasteiger partial charge in [-0.15, -0.1) is 0 Å². The number of hydrogen-bond donors (Lipinski definition) is 0. The number of benzene rings is 1. The Morgan fingerprint density at radius 3 is 2.35 bits per heavy atom. The lowest BCUT2D eigenvalue weighted by molar-refractivity contribution is -0.114. The zero-order chi connectivity index (χ0) is 12.8. The quantitative estimate of drug-likeness (QED) is 0.587. The Labute approximate surface area is 102 Å². The van der Waals surface area contributed by atoms with E-state index in [2.05, 4.69) is 0 Å². The number of rotatable bonds is 4. The van der Waals surface area contributed by atoms with Crippen LogP contribution >= 0.6 is 0 Å². The van der Waals surface area contributed by atoms with Gasteiger partial charge >= 0.3 is 0 Å². The van der Waals surface area contributed by atoms with Gasteiger partial charge in [-0.05, 0) is 23.8 Å². The van der Waals surface area contributed by atoms with Gasteiger partial charge in [-0.25, -0.2) is 0 Å². The summed E-state index contributed by atoms with van der Waals surface area (Å²) < 4.78 is 0. The molecule has 1 rings (SSSR count). The summed E-state index contributed by atoms with van der Waals surface area (Å²) >= 11 is 0. The minimum Gasteiger partial charge on any atom is -0.378 e. The van der Waals surface area contributed by atoms with E-state index >= 15 is 0 Å². The first kappa shape index (κ1) is 13.0. The van der Waals surface area contributed by atoms with Crippen molar-refractivity contribution in [2.75, 3.05) is 19.0 Å². The molecular weight excluding hydrogens is 212 g/mol. The lowest BCUT2D eigenvalue weighted by Crippen LogP contribution is -2.08. The molecule has 0 aliphatic heterocycles. The van der Waals surface area contributed by atoms with Crippen LogP contribution < -0.4 is 4.90 Å². The number of hydrogen-bond acceptors (Lipinski definition) is 3. The molecule has 0 aliphatic rings. The number of allylic oxidation sites excluding steroid dienone is 1. The third-order valence-electron chi connectivity index (χ3n) is 2.46. The number of carbonyl (C=O) groups is 1. The monoisotopic (exact) mass is 228 g/mol. The molecule has 0 atom stereocenters. The molecule has 0 heterocycles. The van der Waals surface area contributed by atoms with Crippen molar-refractivity contribution >= 4 is 17.5 Å². The Balaban J connectivity index is 2.98. The number of anilines is 1. The fraction of sp³-hybridized carbons (Fsp3) is 0.286. The Hall–Kier alpha value is -2.08. The highest BCUT2D eigenvalue weighted by Gasteiger charge is 2.05. The zero-order valence-electron chi connectivity index (χ0n) is 10.4. The average Bonchev–Trinajstić information content (AvgIpc) is 2.35. The van der Waals surface area contributed by atoms with Crippen LogP contribution in [0.2, 0.25) is 0 Å². The van der Waals surface area contributed by atoms with E-state index in [1.807, 2.05) is 49.3 Å². The van der Waals surface area contributed by atoms with Crippen LogP contribution in [0.4, 0.5) is 5.69 Å². The molecule has 1 aromatic carbocycles. The fourth-order valence-electron chi connectivity index (χ4n) is 1.40. The summed E-state index contributed by atoms with van der Waals surface area (Å²) in [4.78, 5) is 13.4. The molecule has 0 unspecified atom stereocenters. The smallest absolute Gasteiger partial charge is 0.173 e. The molecule has 0 spiro atoms. The van der Waals surface area contributed by atoms with Gasteiger partial charge in [0.2, 0.25) is 0 Å². The van der Waals surface area contributed by atoms with E-state index < -0.39 is 0 Å². The standard InChI is InChI=1S/C14H16N2O/c1-4-14(17)12(10-15)9-11-5-7-13(8-6-11)16(2)3/h5-9H,4H2,1-3H3/b12-9-. The van der Waals surface area contributed by atoms with Crippen molar-refractivity contribution in [1.82, 2.24) is 0 Å². The second kappa shape index (κ2) is 5.86. The van der Waals surface area contributed by atoms with Crippen LogP contribution in [0.15, 0.2) is 29.8 Å². The molecule has 0 bridgehead atoms. The normalized spacial score (nSPS) is 10.8. The van der Waals surface area contributed by atoms with Crippen LogP contribution in [-0.4, -0.2) is 19.9 Å². The minimum absolute atomic E-state index is 0.121. The third-order valence-corrected chi connectivity index (χ3v) is 2.46. The molecule has 0 fully saturated rings. The van der Waals surface area contributed by atoms with Crippen molar-refractivity contribution in [2.45, 2.75) is 13.3 Å². The number of ketones is 1. The number of nitrogens with zero attached hydrogens (tertiary/aromatic N) is 2. The maximum atomic E-state index is 11.4. The van der Waals surface area contributed by atoms with Crippen molar-refractivity contribution in [3.8, 4) is 6.07 Å². The highest BCUT2D eigenvalue weighted by molar-refractivity contribution is 6.03. The maximum Gasteiger partial charge on any atom is 0.173 e. The van der Waals surface area contributed by atoms with Crippen molar-refractivity contribution in [3.05, 3.63) is 35.4 Å². The summed E-state index contributed by atoms with van der Waals surface area (Å²) in [6.07, 6.45) is 1.99. The molecule has 0 radical (unpaired) electrons. The molecule has 0 saturated carbocycles. The fourth-order valence-corrected chi connectivity index (χ4v) is 1.40. The van der Waals surface area contributed by atoms with Crippen LogP contribution in [0.25, 0.3) is 6.08 Å². The van der Waals surface area contributed by atoms with Crippen LogP contribution in [0.5, 0.6) is 0 Å². The molecule has 17 heavy (non-hydrogen) atoms. The summed E-state index contributed by atoms with van der Waals surface area (Å²) in [5.74, 6) is -0.121. The van der Waals surface area contributed by atoms with E-state index in [1.165, 1.54) is 0 Å². The van der Waals surface area contributed by atoms with E-state index in [1.54, 1.807) is 13.0 Å². The van der Waals surface area contributed by atoms with Crippen molar-refractivity contribution in [2.24, 2.45) is 0 Å². The summed E-state index contributed by atoms with van der Waals surface area (Å²) in [6, 6.07) is 9.65. The lowest BCUT2D eigenvalue weighted by atomic mass is 10.1. The van der Waals surface area contributed by atoms with E-state index in [9.17, 15) is 4.79 Å². The van der Waals surface area contributed by atoms with Crippen molar-refractivity contribution in [1.29, 1.82) is 5.26 Å². The van der Waals surface area contributed by atoms with E-state index in [-0.39, 0.29) is 11.4 Å². The van der Waals surface area contributed by atoms with E-state index in [0.717, 1.165) is 11.3 Å². The summed E-state index contributed by atoms with van der Waals surface area (Å²) in [7, 11) is 3.93. The SMILES string of the molecule is CCC(=O)/C(C#N)=C\c1ccc(N(C)C)cc1. The largest absolute Gasteiger partial charge is 0.378 e. The second-order valence-corrected chi connectivity index (χ2v) is 3.93. The Morgan fingerprint density at radius 1 is 1.35 bits per heavy atom. The van der Waals surface area contributed by atoms with Gasteiger partial charge in [0.15, 0.2) is 5.78 Å². The first-order chi connectivity index (χ1) is 8.08. The molecule has 0 aliphatic carbocycles. The molecule has 3 heteroatoms.